The van der Waals surface area contributed by atoms with E-state index in [1.54, 1.807) is 34.8 Å². The van der Waals surface area contributed by atoms with Crippen LogP contribution in [0, 0.1) is 6.92 Å². The van der Waals surface area contributed by atoms with E-state index in [9.17, 15) is 4.79 Å². The molecule has 0 spiro atoms. The van der Waals surface area contributed by atoms with Gasteiger partial charge in [0.25, 0.3) is 11.8 Å². The van der Waals surface area contributed by atoms with Crippen molar-refractivity contribution in [2.45, 2.75) is 26.1 Å². The first-order valence-electron chi connectivity index (χ1n) is 7.65. The summed E-state index contributed by atoms with van der Waals surface area (Å²) >= 11 is 0. The molecule has 4 heterocycles. The number of nitrogens with zero attached hydrogens (tertiary/aromatic N) is 6. The molecule has 0 unspecified atom stereocenters. The van der Waals surface area contributed by atoms with E-state index >= 15 is 0 Å². The summed E-state index contributed by atoms with van der Waals surface area (Å²) in [6.45, 7) is 4.47. The highest BCUT2D eigenvalue weighted by atomic mass is 16.5. The summed E-state index contributed by atoms with van der Waals surface area (Å²) in [6, 6.07) is 1.76. The molecule has 3 aromatic heterocycles. The van der Waals surface area contributed by atoms with Gasteiger partial charge in [-0.1, -0.05) is 5.16 Å². The molecule has 1 fully saturated rings. The number of fused-ring (bicyclic) bond motifs is 1. The third kappa shape index (κ3) is 2.52. The van der Waals surface area contributed by atoms with Gasteiger partial charge >= 0.3 is 0 Å². The zero-order valence-electron chi connectivity index (χ0n) is 13.3. The van der Waals surface area contributed by atoms with Crippen LogP contribution in [0.5, 0.6) is 0 Å². The van der Waals surface area contributed by atoms with Gasteiger partial charge in [-0.05, 0) is 19.9 Å². The predicted molar refractivity (Wildman–Crippen MR) is 81.2 cm³/mol. The second kappa shape index (κ2) is 5.68. The molecule has 3 aromatic rings. The summed E-state index contributed by atoms with van der Waals surface area (Å²) < 4.78 is 12.6. The van der Waals surface area contributed by atoms with Crippen molar-refractivity contribution in [1.29, 1.82) is 0 Å². The van der Waals surface area contributed by atoms with Crippen LogP contribution >= 0.6 is 0 Å². The lowest BCUT2D eigenvalue weighted by Crippen LogP contribution is -2.46. The second-order valence-electron chi connectivity index (χ2n) is 5.77. The van der Waals surface area contributed by atoms with Crippen LogP contribution in [0.4, 0.5) is 0 Å². The van der Waals surface area contributed by atoms with Crippen molar-refractivity contribution in [1.82, 2.24) is 29.6 Å². The molecule has 9 nitrogen and oxygen atoms in total. The Hall–Kier alpha value is -2.81. The normalized spacial score (nSPS) is 21.3. The van der Waals surface area contributed by atoms with Crippen molar-refractivity contribution in [3.05, 3.63) is 41.9 Å². The Morgan fingerprint density at radius 3 is 3.04 bits per heavy atom. The van der Waals surface area contributed by atoms with Crippen LogP contribution in [0.3, 0.4) is 0 Å². The zero-order valence-corrected chi connectivity index (χ0v) is 13.3. The minimum absolute atomic E-state index is 0.139. The Morgan fingerprint density at radius 2 is 2.25 bits per heavy atom. The van der Waals surface area contributed by atoms with Gasteiger partial charge in [0.1, 0.15) is 5.56 Å². The third-order valence-corrected chi connectivity index (χ3v) is 3.88. The topological polar surface area (TPSA) is 98.7 Å². The highest BCUT2D eigenvalue weighted by molar-refractivity contribution is 5.99. The maximum Gasteiger partial charge on any atom is 0.259 e. The van der Waals surface area contributed by atoms with Crippen molar-refractivity contribution in [3.8, 4) is 0 Å². The van der Waals surface area contributed by atoms with E-state index in [4.69, 9.17) is 9.26 Å². The van der Waals surface area contributed by atoms with E-state index in [0.29, 0.717) is 36.0 Å². The van der Waals surface area contributed by atoms with E-state index in [1.807, 2.05) is 6.92 Å². The molecule has 1 saturated heterocycles. The van der Waals surface area contributed by atoms with Crippen LogP contribution in [0.2, 0.25) is 0 Å². The number of morpholine rings is 1. The maximum atomic E-state index is 12.9. The van der Waals surface area contributed by atoms with Gasteiger partial charge < -0.3 is 14.2 Å². The SMILES string of the molecule is Cc1noc([C@H]2CN(C(=O)c3cnn4cccnc34)C[C@@H](C)O2)n1. The number of rotatable bonds is 2. The lowest BCUT2D eigenvalue weighted by molar-refractivity contribution is -0.0809. The van der Waals surface area contributed by atoms with Gasteiger partial charge in [-0.2, -0.15) is 10.1 Å². The molecule has 24 heavy (non-hydrogen) atoms. The predicted octanol–water partition coefficient (Wildman–Crippen LogP) is 1.02. The molecule has 1 aliphatic rings. The molecule has 0 aliphatic carbocycles. The number of carbonyl (C=O) groups is 1. The molecule has 0 bridgehead atoms. The summed E-state index contributed by atoms with van der Waals surface area (Å²) in [5.41, 5.74) is 0.997. The third-order valence-electron chi connectivity index (χ3n) is 3.88. The zero-order chi connectivity index (χ0) is 16.7. The Labute approximate surface area is 137 Å². The van der Waals surface area contributed by atoms with E-state index in [0.717, 1.165) is 0 Å². The average Bonchev–Trinajstić information content (AvgIpc) is 3.20. The van der Waals surface area contributed by atoms with Gasteiger partial charge in [-0.3, -0.25) is 4.79 Å². The fourth-order valence-corrected chi connectivity index (χ4v) is 2.85. The smallest absolute Gasteiger partial charge is 0.259 e. The number of amides is 1. The Balaban J connectivity index is 1.61. The number of hydrogen-bond acceptors (Lipinski definition) is 7. The summed E-state index contributed by atoms with van der Waals surface area (Å²) in [5, 5.41) is 7.95. The number of ether oxygens (including phenoxy) is 1. The Kier molecular flexibility index (Phi) is 3.49. The van der Waals surface area contributed by atoms with Crippen molar-refractivity contribution in [3.63, 3.8) is 0 Å². The first-order valence-corrected chi connectivity index (χ1v) is 7.65. The van der Waals surface area contributed by atoms with Crippen molar-refractivity contribution in [2.75, 3.05) is 13.1 Å². The molecule has 124 valence electrons. The first kappa shape index (κ1) is 14.8. The molecule has 1 amide bonds. The highest BCUT2D eigenvalue weighted by Crippen LogP contribution is 2.25. The standard InChI is InChI=1S/C15H16N6O3/c1-9-7-20(8-12(23-9)14-18-10(2)19-24-14)15(22)11-6-17-21-5-3-4-16-13(11)21/h3-6,9,12H,7-8H2,1-2H3/t9-,12-/m1/s1. The van der Waals surface area contributed by atoms with Crippen LogP contribution in [-0.4, -0.2) is 54.7 Å². The molecule has 0 aromatic carbocycles. The molecule has 0 N–H and O–H groups in total. The number of hydrogen-bond donors (Lipinski definition) is 0. The van der Waals surface area contributed by atoms with Gasteiger partial charge in [0, 0.05) is 18.9 Å². The molecule has 0 saturated carbocycles. The maximum absolute atomic E-state index is 12.9. The minimum Gasteiger partial charge on any atom is -0.362 e. The average molecular weight is 328 g/mol. The first-order chi connectivity index (χ1) is 11.6. The van der Waals surface area contributed by atoms with Crippen LogP contribution in [0.25, 0.3) is 5.65 Å². The Morgan fingerprint density at radius 1 is 1.38 bits per heavy atom. The number of aromatic nitrogens is 5. The van der Waals surface area contributed by atoms with Crippen LogP contribution in [-0.2, 0) is 4.74 Å². The van der Waals surface area contributed by atoms with Crippen LogP contribution in [0.15, 0.2) is 29.2 Å². The summed E-state index contributed by atoms with van der Waals surface area (Å²) in [6.07, 6.45) is 4.35. The van der Waals surface area contributed by atoms with Crippen LogP contribution < -0.4 is 0 Å². The molecule has 9 heteroatoms. The summed E-state index contributed by atoms with van der Waals surface area (Å²) in [4.78, 5) is 23.1. The fraction of sp³-hybridized carbons (Fsp3) is 0.400. The van der Waals surface area contributed by atoms with Crippen molar-refractivity contribution < 1.29 is 14.1 Å². The number of aryl methyl sites for hydroxylation is 1. The van der Waals surface area contributed by atoms with Gasteiger partial charge in [0.15, 0.2) is 17.6 Å². The quantitative estimate of drug-likeness (QED) is 0.692. The van der Waals surface area contributed by atoms with Crippen molar-refractivity contribution in [2.24, 2.45) is 0 Å². The van der Waals surface area contributed by atoms with Crippen LogP contribution in [0.1, 0.15) is 35.1 Å². The largest absolute Gasteiger partial charge is 0.362 e. The highest BCUT2D eigenvalue weighted by Gasteiger charge is 2.34. The summed E-state index contributed by atoms with van der Waals surface area (Å²) in [5.74, 6) is 0.784. The molecular formula is C15H16N6O3. The van der Waals surface area contributed by atoms with Gasteiger partial charge in [-0.25, -0.2) is 9.50 Å². The second-order valence-corrected chi connectivity index (χ2v) is 5.77. The fourth-order valence-electron chi connectivity index (χ4n) is 2.85. The van der Waals surface area contributed by atoms with E-state index in [-0.39, 0.29) is 12.0 Å². The minimum atomic E-state index is -0.436. The van der Waals surface area contributed by atoms with Gasteiger partial charge in [0.2, 0.25) is 0 Å². The van der Waals surface area contributed by atoms with Gasteiger partial charge in [0.05, 0.1) is 18.8 Å². The van der Waals surface area contributed by atoms with Gasteiger partial charge in [-0.15, -0.1) is 0 Å². The molecular weight excluding hydrogens is 312 g/mol. The van der Waals surface area contributed by atoms with E-state index in [2.05, 4.69) is 20.2 Å². The molecule has 2 atom stereocenters. The van der Waals surface area contributed by atoms with Crippen molar-refractivity contribution >= 4 is 11.6 Å². The number of carbonyl (C=O) groups excluding carboxylic acids is 1. The van der Waals surface area contributed by atoms with E-state index < -0.39 is 6.10 Å². The Bertz CT molecular complexity index is 888. The molecule has 0 radical (unpaired) electrons. The lowest BCUT2D eigenvalue weighted by Gasteiger charge is -2.35. The van der Waals surface area contributed by atoms with E-state index in [1.165, 1.54) is 6.20 Å². The molecule has 1 aliphatic heterocycles. The molecule has 4 rings (SSSR count). The monoisotopic (exact) mass is 328 g/mol. The lowest BCUT2D eigenvalue weighted by atomic mass is 10.2. The summed E-state index contributed by atoms with van der Waals surface area (Å²) in [7, 11) is 0.